The van der Waals surface area contributed by atoms with Crippen LogP contribution in [0.2, 0.25) is 0 Å². The molecule has 0 aliphatic carbocycles. The van der Waals surface area contributed by atoms with Crippen molar-refractivity contribution in [1.82, 2.24) is 5.32 Å². The van der Waals surface area contributed by atoms with E-state index in [2.05, 4.69) is 31.5 Å². The average Bonchev–Trinajstić information content (AvgIpc) is 1.97. The van der Waals surface area contributed by atoms with Crippen LogP contribution in [0.25, 0.3) is 0 Å². The molecule has 0 rings (SSSR count). The van der Waals surface area contributed by atoms with Crippen molar-refractivity contribution in [3.63, 3.8) is 0 Å². The normalized spacial score (nSPS) is 12.0. The summed E-state index contributed by atoms with van der Waals surface area (Å²) in [4.78, 5) is 0. The number of hydrogen-bond acceptors (Lipinski definition) is 1. The summed E-state index contributed by atoms with van der Waals surface area (Å²) in [5, 5.41) is 5.44. The Morgan fingerprint density at radius 1 is 1.27 bits per heavy atom. The minimum absolute atomic E-state index is 0.509. The minimum Gasteiger partial charge on any atom is -0.349 e. The lowest BCUT2D eigenvalue weighted by atomic mass is 9.86. The van der Waals surface area contributed by atoms with Crippen LogP contribution in [-0.2, 0) is 0 Å². The summed E-state index contributed by atoms with van der Waals surface area (Å²) in [6, 6.07) is 0. The Morgan fingerprint density at radius 2 is 1.91 bits per heavy atom. The highest BCUT2D eigenvalue weighted by Gasteiger charge is 2.16. The van der Waals surface area contributed by atoms with Gasteiger partial charge in [-0.3, -0.25) is 0 Å². The molecular weight excluding hydrogens is 136 g/mol. The van der Waals surface area contributed by atoms with Crippen molar-refractivity contribution in [1.29, 1.82) is 0 Å². The molecule has 0 saturated heterocycles. The van der Waals surface area contributed by atoms with Crippen molar-refractivity contribution < 1.29 is 5.32 Å². The lowest BCUT2D eigenvalue weighted by Crippen LogP contribution is -2.80. The number of nitrogens with one attached hydrogen (secondary N) is 1. The van der Waals surface area contributed by atoms with E-state index in [0.29, 0.717) is 5.41 Å². The summed E-state index contributed by atoms with van der Waals surface area (Å²) < 4.78 is 0. The molecule has 0 fully saturated rings. The second-order valence-electron chi connectivity index (χ2n) is 3.96. The van der Waals surface area contributed by atoms with Gasteiger partial charge in [0.15, 0.2) is 0 Å². The molecule has 0 aromatic rings. The van der Waals surface area contributed by atoms with Crippen LogP contribution in [0.4, 0.5) is 0 Å². The fourth-order valence-corrected chi connectivity index (χ4v) is 1.12. The van der Waals surface area contributed by atoms with Crippen LogP contribution < -0.4 is 10.6 Å². The van der Waals surface area contributed by atoms with Crippen LogP contribution in [0, 0.1) is 5.41 Å². The van der Waals surface area contributed by atoms with Gasteiger partial charge in [0.2, 0.25) is 0 Å². The fourth-order valence-electron chi connectivity index (χ4n) is 1.12. The molecule has 0 aromatic heterocycles. The molecule has 0 amide bonds. The quantitative estimate of drug-likeness (QED) is 0.570. The largest absolute Gasteiger partial charge is 0.349 e. The molecule has 11 heavy (non-hydrogen) atoms. The molecule has 0 aromatic carbocycles. The number of quaternary nitrogens is 1. The third-order valence-electron chi connectivity index (χ3n) is 2.16. The number of nitrogens with two attached hydrogens (primary N) is 1. The van der Waals surface area contributed by atoms with Crippen molar-refractivity contribution in [2.75, 3.05) is 27.2 Å². The molecule has 0 aliphatic rings. The lowest BCUT2D eigenvalue weighted by molar-refractivity contribution is -0.628. The van der Waals surface area contributed by atoms with Gasteiger partial charge in [-0.2, -0.15) is 0 Å². The molecule has 0 unspecified atom stereocenters. The summed E-state index contributed by atoms with van der Waals surface area (Å²) in [7, 11) is 4.15. The maximum absolute atomic E-state index is 3.19. The summed E-state index contributed by atoms with van der Waals surface area (Å²) in [5.74, 6) is 0. The van der Waals surface area contributed by atoms with Crippen LogP contribution in [0.3, 0.4) is 0 Å². The van der Waals surface area contributed by atoms with Crippen LogP contribution in [0.5, 0.6) is 0 Å². The molecule has 2 heteroatoms. The third kappa shape index (κ3) is 6.32. The van der Waals surface area contributed by atoms with Crippen molar-refractivity contribution in [2.24, 2.45) is 5.41 Å². The van der Waals surface area contributed by atoms with Crippen molar-refractivity contribution in [2.45, 2.75) is 26.7 Å². The summed E-state index contributed by atoms with van der Waals surface area (Å²) >= 11 is 0. The van der Waals surface area contributed by atoms with E-state index in [-0.39, 0.29) is 0 Å². The molecule has 0 spiro atoms. The molecular formula is C9H23N2+. The summed E-state index contributed by atoms with van der Waals surface area (Å²) in [5.41, 5.74) is 0.509. The molecule has 2 nitrogen and oxygen atoms in total. The zero-order chi connectivity index (χ0) is 8.74. The zero-order valence-electron chi connectivity index (χ0n) is 8.41. The Labute approximate surface area is 70.8 Å². The monoisotopic (exact) mass is 159 g/mol. The Balaban J connectivity index is 3.43. The molecule has 68 valence electrons. The first-order valence-corrected chi connectivity index (χ1v) is 4.55. The van der Waals surface area contributed by atoms with E-state index in [1.54, 1.807) is 0 Å². The van der Waals surface area contributed by atoms with Crippen LogP contribution in [-0.4, -0.2) is 27.2 Å². The fraction of sp³-hybridized carbons (Fsp3) is 1.00. The van der Waals surface area contributed by atoms with E-state index in [0.717, 1.165) is 6.54 Å². The number of rotatable bonds is 6. The molecule has 0 aliphatic heterocycles. The molecule has 0 radical (unpaired) electrons. The summed E-state index contributed by atoms with van der Waals surface area (Å²) in [6.07, 6.45) is 2.59. The van der Waals surface area contributed by atoms with Crippen LogP contribution in [0.1, 0.15) is 26.7 Å². The van der Waals surface area contributed by atoms with Gasteiger partial charge >= 0.3 is 0 Å². The second kappa shape index (κ2) is 5.56. The van der Waals surface area contributed by atoms with E-state index >= 15 is 0 Å². The Morgan fingerprint density at radius 3 is 2.36 bits per heavy atom. The molecule has 0 saturated carbocycles. The predicted octanol–water partition coefficient (Wildman–Crippen LogP) is 0.205. The maximum Gasteiger partial charge on any atom is 0.0758 e. The van der Waals surface area contributed by atoms with Gasteiger partial charge in [0, 0.05) is 6.42 Å². The van der Waals surface area contributed by atoms with Crippen molar-refractivity contribution in [3.05, 3.63) is 0 Å². The van der Waals surface area contributed by atoms with Gasteiger partial charge in [-0.05, 0) is 25.4 Å². The standard InChI is InChI=1S/C9H22N2/c1-9(2,5-7-10-3)6-8-11-4/h10-11H,5-8H2,1-4H3/p+1. The first-order valence-electron chi connectivity index (χ1n) is 4.55. The summed E-state index contributed by atoms with van der Waals surface area (Å²) in [6.45, 7) is 7.06. The SMILES string of the molecule is CNCCC(C)(C)CC[NH2+]C. The highest BCUT2D eigenvalue weighted by molar-refractivity contribution is 4.68. The van der Waals surface area contributed by atoms with Gasteiger partial charge in [0.1, 0.15) is 0 Å². The predicted molar refractivity (Wildman–Crippen MR) is 49.7 cm³/mol. The van der Waals surface area contributed by atoms with E-state index in [1.165, 1.54) is 19.4 Å². The Hall–Kier alpha value is -0.0800. The number of hydrogen-bond donors (Lipinski definition) is 2. The van der Waals surface area contributed by atoms with Gasteiger partial charge in [-0.1, -0.05) is 13.8 Å². The van der Waals surface area contributed by atoms with E-state index in [9.17, 15) is 0 Å². The first-order chi connectivity index (χ1) is 5.12. The van der Waals surface area contributed by atoms with Gasteiger partial charge in [-0.25, -0.2) is 0 Å². The van der Waals surface area contributed by atoms with E-state index < -0.39 is 0 Å². The van der Waals surface area contributed by atoms with Gasteiger partial charge in [0.25, 0.3) is 0 Å². The zero-order valence-corrected chi connectivity index (χ0v) is 8.41. The van der Waals surface area contributed by atoms with Crippen LogP contribution in [0.15, 0.2) is 0 Å². The first kappa shape index (κ1) is 10.9. The van der Waals surface area contributed by atoms with E-state index in [1.807, 2.05) is 7.05 Å². The maximum atomic E-state index is 3.19. The van der Waals surface area contributed by atoms with Gasteiger partial charge in [0.05, 0.1) is 13.6 Å². The molecule has 0 atom stereocenters. The smallest absolute Gasteiger partial charge is 0.0758 e. The molecule has 0 bridgehead atoms. The Bertz CT molecular complexity index is 79.6. The lowest BCUT2D eigenvalue weighted by Gasteiger charge is -2.22. The minimum atomic E-state index is 0.509. The molecule has 0 heterocycles. The van der Waals surface area contributed by atoms with Crippen molar-refractivity contribution in [3.8, 4) is 0 Å². The highest BCUT2D eigenvalue weighted by atomic mass is 14.8. The van der Waals surface area contributed by atoms with E-state index in [4.69, 9.17) is 0 Å². The van der Waals surface area contributed by atoms with Gasteiger partial charge in [-0.15, -0.1) is 0 Å². The van der Waals surface area contributed by atoms with Crippen LogP contribution >= 0.6 is 0 Å². The second-order valence-corrected chi connectivity index (χ2v) is 3.96. The highest BCUT2D eigenvalue weighted by Crippen LogP contribution is 2.22. The Kier molecular flexibility index (Phi) is 5.51. The van der Waals surface area contributed by atoms with Crippen molar-refractivity contribution >= 4 is 0 Å². The average molecular weight is 159 g/mol. The molecule has 3 N–H and O–H groups in total. The topological polar surface area (TPSA) is 28.6 Å². The third-order valence-corrected chi connectivity index (χ3v) is 2.16. The van der Waals surface area contributed by atoms with Gasteiger partial charge < -0.3 is 10.6 Å².